The van der Waals surface area contributed by atoms with Crippen molar-refractivity contribution in [1.82, 2.24) is 20.2 Å². The second-order valence-corrected chi connectivity index (χ2v) is 5.03. The molecule has 2 aromatic rings. The van der Waals surface area contributed by atoms with E-state index in [4.69, 9.17) is 10.6 Å². The van der Waals surface area contributed by atoms with Gasteiger partial charge in [-0.05, 0) is 12.1 Å². The van der Waals surface area contributed by atoms with Gasteiger partial charge < -0.3 is 4.74 Å². The minimum Gasteiger partial charge on any atom is -0.496 e. The largest absolute Gasteiger partial charge is 0.496 e. The molecule has 19 heavy (non-hydrogen) atoms. The number of nitrogens with one attached hydrogen (secondary N) is 1. The standard InChI is InChI=1S/C12H16BrN5O/c1-18-12(15-7-16-18)6-10(17-14)9-4-3-8(13)5-11(9)19-2/h3-5,7,10,17H,6,14H2,1-2H3. The Morgan fingerprint density at radius 3 is 2.89 bits per heavy atom. The zero-order chi connectivity index (χ0) is 13.8. The Balaban J connectivity index is 2.29. The second-order valence-electron chi connectivity index (χ2n) is 4.11. The molecule has 0 fully saturated rings. The third kappa shape index (κ3) is 3.12. The molecule has 1 aromatic carbocycles. The Bertz CT molecular complexity index is 557. The molecule has 0 aliphatic heterocycles. The maximum absolute atomic E-state index is 5.66. The van der Waals surface area contributed by atoms with Crippen LogP contribution in [0.15, 0.2) is 29.0 Å². The number of benzene rings is 1. The van der Waals surface area contributed by atoms with Gasteiger partial charge in [-0.25, -0.2) is 4.98 Å². The van der Waals surface area contributed by atoms with Gasteiger partial charge in [0.1, 0.15) is 17.9 Å². The minimum absolute atomic E-state index is 0.0917. The fourth-order valence-corrected chi connectivity index (χ4v) is 2.26. The summed E-state index contributed by atoms with van der Waals surface area (Å²) in [4.78, 5) is 4.21. The van der Waals surface area contributed by atoms with Crippen LogP contribution in [-0.4, -0.2) is 21.9 Å². The molecule has 0 radical (unpaired) electrons. The highest BCUT2D eigenvalue weighted by Crippen LogP contribution is 2.29. The van der Waals surface area contributed by atoms with Crippen LogP contribution in [0.4, 0.5) is 0 Å². The van der Waals surface area contributed by atoms with Crippen LogP contribution in [0, 0.1) is 0 Å². The lowest BCUT2D eigenvalue weighted by atomic mass is 10.0. The molecule has 0 spiro atoms. The van der Waals surface area contributed by atoms with E-state index in [1.807, 2.05) is 25.2 Å². The minimum atomic E-state index is -0.0917. The van der Waals surface area contributed by atoms with Gasteiger partial charge in [-0.15, -0.1) is 0 Å². The highest BCUT2D eigenvalue weighted by Gasteiger charge is 2.17. The summed E-state index contributed by atoms with van der Waals surface area (Å²) in [6, 6.07) is 5.75. The predicted molar refractivity (Wildman–Crippen MR) is 75.5 cm³/mol. The highest BCUT2D eigenvalue weighted by molar-refractivity contribution is 9.10. The van der Waals surface area contributed by atoms with E-state index in [1.54, 1.807) is 11.8 Å². The molecule has 6 nitrogen and oxygen atoms in total. The van der Waals surface area contributed by atoms with Crippen molar-refractivity contribution in [1.29, 1.82) is 0 Å². The number of hydrogen-bond donors (Lipinski definition) is 2. The van der Waals surface area contributed by atoms with Crippen molar-refractivity contribution in [2.45, 2.75) is 12.5 Å². The van der Waals surface area contributed by atoms with Gasteiger partial charge in [-0.3, -0.25) is 16.0 Å². The predicted octanol–water partition coefficient (Wildman–Crippen LogP) is 1.33. The summed E-state index contributed by atoms with van der Waals surface area (Å²) in [5.41, 5.74) is 3.78. The van der Waals surface area contributed by atoms with Gasteiger partial charge in [-0.2, -0.15) is 5.10 Å². The van der Waals surface area contributed by atoms with Crippen LogP contribution < -0.4 is 16.0 Å². The van der Waals surface area contributed by atoms with Gasteiger partial charge in [0.05, 0.1) is 13.2 Å². The average molecular weight is 326 g/mol. The van der Waals surface area contributed by atoms with E-state index in [0.29, 0.717) is 6.42 Å². The Kier molecular flexibility index (Phi) is 4.52. The second kappa shape index (κ2) is 6.14. The average Bonchev–Trinajstić information content (AvgIpc) is 2.81. The molecule has 7 heteroatoms. The zero-order valence-electron chi connectivity index (χ0n) is 10.8. The smallest absolute Gasteiger partial charge is 0.138 e. The van der Waals surface area contributed by atoms with Crippen molar-refractivity contribution in [3.05, 3.63) is 40.4 Å². The van der Waals surface area contributed by atoms with Crippen LogP contribution in [0.5, 0.6) is 5.75 Å². The van der Waals surface area contributed by atoms with E-state index in [2.05, 4.69) is 31.4 Å². The first kappa shape index (κ1) is 14.0. The highest BCUT2D eigenvalue weighted by atomic mass is 79.9. The molecular formula is C12H16BrN5O. The number of ether oxygens (including phenoxy) is 1. The van der Waals surface area contributed by atoms with Gasteiger partial charge >= 0.3 is 0 Å². The number of aryl methyl sites for hydroxylation is 1. The van der Waals surface area contributed by atoms with Crippen molar-refractivity contribution >= 4 is 15.9 Å². The molecular weight excluding hydrogens is 310 g/mol. The molecule has 0 aliphatic carbocycles. The van der Waals surface area contributed by atoms with Crippen molar-refractivity contribution < 1.29 is 4.74 Å². The summed E-state index contributed by atoms with van der Waals surface area (Å²) in [7, 11) is 3.50. The molecule has 1 heterocycles. The Morgan fingerprint density at radius 1 is 1.53 bits per heavy atom. The summed E-state index contributed by atoms with van der Waals surface area (Å²) in [6.07, 6.45) is 2.16. The summed E-state index contributed by atoms with van der Waals surface area (Å²) in [5.74, 6) is 7.29. The van der Waals surface area contributed by atoms with Crippen LogP contribution in [0.1, 0.15) is 17.4 Å². The lowest BCUT2D eigenvalue weighted by molar-refractivity contribution is 0.397. The fourth-order valence-electron chi connectivity index (χ4n) is 1.92. The summed E-state index contributed by atoms with van der Waals surface area (Å²) in [6.45, 7) is 0. The van der Waals surface area contributed by atoms with Gasteiger partial charge in [0, 0.05) is 23.5 Å². The number of methoxy groups -OCH3 is 1. The van der Waals surface area contributed by atoms with Gasteiger partial charge in [0.25, 0.3) is 0 Å². The number of halogens is 1. The number of rotatable bonds is 5. The molecule has 3 N–H and O–H groups in total. The van der Waals surface area contributed by atoms with Crippen LogP contribution >= 0.6 is 15.9 Å². The lowest BCUT2D eigenvalue weighted by Crippen LogP contribution is -2.30. The molecule has 0 bridgehead atoms. The number of aromatic nitrogens is 3. The van der Waals surface area contributed by atoms with Crippen LogP contribution in [-0.2, 0) is 13.5 Å². The molecule has 1 unspecified atom stereocenters. The monoisotopic (exact) mass is 325 g/mol. The van der Waals surface area contributed by atoms with Crippen LogP contribution in [0.2, 0.25) is 0 Å². The van der Waals surface area contributed by atoms with E-state index in [9.17, 15) is 0 Å². The summed E-state index contributed by atoms with van der Waals surface area (Å²) >= 11 is 3.42. The fraction of sp³-hybridized carbons (Fsp3) is 0.333. The van der Waals surface area contributed by atoms with E-state index in [0.717, 1.165) is 21.6 Å². The third-order valence-electron chi connectivity index (χ3n) is 2.96. The number of nitrogens with zero attached hydrogens (tertiary/aromatic N) is 3. The molecule has 0 saturated heterocycles. The molecule has 1 atom stereocenters. The van der Waals surface area contributed by atoms with E-state index in [-0.39, 0.29) is 6.04 Å². The zero-order valence-corrected chi connectivity index (χ0v) is 12.4. The quantitative estimate of drug-likeness (QED) is 0.640. The van der Waals surface area contributed by atoms with E-state index in [1.165, 1.54) is 6.33 Å². The molecule has 1 aromatic heterocycles. The first-order valence-corrected chi connectivity index (χ1v) is 6.57. The first-order valence-electron chi connectivity index (χ1n) is 5.78. The summed E-state index contributed by atoms with van der Waals surface area (Å²) in [5, 5.41) is 4.05. The molecule has 2 rings (SSSR count). The lowest BCUT2D eigenvalue weighted by Gasteiger charge is -2.18. The Morgan fingerprint density at radius 2 is 2.32 bits per heavy atom. The van der Waals surface area contributed by atoms with Crippen molar-refractivity contribution in [3.8, 4) is 5.75 Å². The van der Waals surface area contributed by atoms with Gasteiger partial charge in [0.15, 0.2) is 0 Å². The summed E-state index contributed by atoms with van der Waals surface area (Å²) < 4.78 is 8.08. The maximum atomic E-state index is 5.66. The third-order valence-corrected chi connectivity index (χ3v) is 3.46. The van der Waals surface area contributed by atoms with Crippen molar-refractivity contribution in [2.24, 2.45) is 12.9 Å². The van der Waals surface area contributed by atoms with E-state index < -0.39 is 0 Å². The molecule has 0 saturated carbocycles. The molecule has 102 valence electrons. The van der Waals surface area contributed by atoms with E-state index >= 15 is 0 Å². The van der Waals surface area contributed by atoms with Crippen LogP contribution in [0.3, 0.4) is 0 Å². The van der Waals surface area contributed by atoms with Gasteiger partial charge in [-0.1, -0.05) is 22.0 Å². The Labute approximate surface area is 120 Å². The maximum Gasteiger partial charge on any atom is 0.138 e. The number of nitrogens with two attached hydrogens (primary N) is 1. The van der Waals surface area contributed by atoms with Crippen molar-refractivity contribution in [3.63, 3.8) is 0 Å². The number of hydrazine groups is 1. The molecule has 0 amide bonds. The topological polar surface area (TPSA) is 78.0 Å². The normalized spacial score (nSPS) is 12.4. The van der Waals surface area contributed by atoms with Crippen molar-refractivity contribution in [2.75, 3.05) is 7.11 Å². The molecule has 0 aliphatic rings. The van der Waals surface area contributed by atoms with Gasteiger partial charge in [0.2, 0.25) is 0 Å². The van der Waals surface area contributed by atoms with Crippen LogP contribution in [0.25, 0.3) is 0 Å². The Hall–Kier alpha value is -1.44. The number of hydrogen-bond acceptors (Lipinski definition) is 5. The first-order chi connectivity index (χ1) is 9.15. The SMILES string of the molecule is COc1cc(Br)ccc1C(Cc1ncnn1C)NN.